The first kappa shape index (κ1) is 35.8. The van der Waals surface area contributed by atoms with E-state index in [0.717, 1.165) is 34.8 Å². The number of nitrogens with one attached hydrogen (secondary N) is 1. The van der Waals surface area contributed by atoms with Gasteiger partial charge in [-0.15, -0.1) is 0 Å². The Bertz CT molecular complexity index is 2990. The molecule has 8 aromatic rings. The fourth-order valence-electron chi connectivity index (χ4n) is 9.77. The van der Waals surface area contributed by atoms with Crippen molar-refractivity contribution in [2.75, 3.05) is 0 Å². The molecule has 0 bridgehead atoms. The second kappa shape index (κ2) is 14.8. The van der Waals surface area contributed by atoms with Gasteiger partial charge in [-0.25, -0.2) is 9.98 Å². The molecule has 286 valence electrons. The molecule has 0 saturated heterocycles. The predicted octanol–water partition coefficient (Wildman–Crippen LogP) is 13.4. The third-order valence-corrected chi connectivity index (χ3v) is 12.7. The van der Waals surface area contributed by atoms with Crippen molar-refractivity contribution in [3.8, 4) is 22.3 Å². The Hall–Kier alpha value is -7.36. The number of aliphatic imine (C=N–C) groups is 2. The number of amidine groups is 2. The van der Waals surface area contributed by atoms with Gasteiger partial charge < -0.3 is 5.32 Å². The van der Waals surface area contributed by atoms with E-state index in [4.69, 9.17) is 9.98 Å². The maximum atomic E-state index is 5.21. The van der Waals surface area contributed by atoms with Gasteiger partial charge >= 0.3 is 0 Å². The van der Waals surface area contributed by atoms with E-state index in [1.165, 1.54) is 66.4 Å². The van der Waals surface area contributed by atoms with Crippen LogP contribution in [-0.2, 0) is 5.41 Å². The van der Waals surface area contributed by atoms with Gasteiger partial charge in [0.15, 0.2) is 5.84 Å². The van der Waals surface area contributed by atoms with Crippen LogP contribution in [0, 0.1) is 5.92 Å². The summed E-state index contributed by atoms with van der Waals surface area (Å²) in [4.78, 5) is 10.4. The predicted molar refractivity (Wildman–Crippen MR) is 249 cm³/mol. The molecule has 3 aliphatic rings. The number of allylic oxidation sites excluding steroid dienone is 2. The van der Waals surface area contributed by atoms with Crippen LogP contribution in [-0.4, -0.2) is 11.7 Å². The van der Waals surface area contributed by atoms with Gasteiger partial charge in [0, 0.05) is 11.1 Å². The standard InChI is InChI=1S/C57H43N3/c1-38-29-30-45(56-59-54(40-18-6-2-7-19-40)58-55(60-56)41-20-8-3-9-21-41)36-50(38)44-23-16-22-42(35-44)43-31-33-49-52(37-43)57(46-24-10-4-11-25-46,47-26-12-5-13-27-47)51-34-32-39-17-14-15-28-48(39)53(49)51/h2-28,30-38,54H,29H2,1H3,(H,58,59,60). The summed E-state index contributed by atoms with van der Waals surface area (Å²) in [6, 6.07) is 72.8. The van der Waals surface area contributed by atoms with Gasteiger partial charge in [0.25, 0.3) is 0 Å². The Morgan fingerprint density at radius 2 is 1.18 bits per heavy atom. The maximum Gasteiger partial charge on any atom is 0.159 e. The molecule has 0 amide bonds. The van der Waals surface area contributed by atoms with Gasteiger partial charge in [-0.1, -0.05) is 201 Å². The summed E-state index contributed by atoms with van der Waals surface area (Å²) in [5, 5.41) is 6.15. The Balaban J connectivity index is 1.03. The summed E-state index contributed by atoms with van der Waals surface area (Å²) in [6.07, 6.45) is 5.31. The zero-order chi connectivity index (χ0) is 40.0. The molecule has 3 heteroatoms. The van der Waals surface area contributed by atoms with Gasteiger partial charge in [0.05, 0.1) is 5.41 Å². The average molecular weight is 770 g/mol. The summed E-state index contributed by atoms with van der Waals surface area (Å²) < 4.78 is 0. The molecule has 1 aliphatic heterocycles. The average Bonchev–Trinajstić information content (AvgIpc) is 3.63. The summed E-state index contributed by atoms with van der Waals surface area (Å²) in [5.41, 5.74) is 15.4. The van der Waals surface area contributed by atoms with Crippen molar-refractivity contribution < 1.29 is 0 Å². The number of nitrogens with zero attached hydrogens (tertiary/aromatic N) is 2. The molecule has 8 aromatic carbocycles. The molecule has 60 heavy (non-hydrogen) atoms. The third kappa shape index (κ3) is 5.96. The van der Waals surface area contributed by atoms with Crippen LogP contribution in [0.15, 0.2) is 228 Å². The maximum absolute atomic E-state index is 5.21. The van der Waals surface area contributed by atoms with E-state index in [-0.39, 0.29) is 6.17 Å². The van der Waals surface area contributed by atoms with Gasteiger partial charge in [-0.2, -0.15) is 0 Å². The molecule has 3 nitrogen and oxygen atoms in total. The molecule has 0 saturated carbocycles. The molecule has 0 fully saturated rings. The Morgan fingerprint density at radius 1 is 0.550 bits per heavy atom. The molecule has 2 unspecified atom stereocenters. The minimum absolute atomic E-state index is 0.239. The lowest BCUT2D eigenvalue weighted by Crippen LogP contribution is -2.33. The lowest BCUT2D eigenvalue weighted by Gasteiger charge is -2.34. The smallest absolute Gasteiger partial charge is 0.159 e. The van der Waals surface area contributed by atoms with Crippen molar-refractivity contribution in [3.63, 3.8) is 0 Å². The Labute approximate surface area is 351 Å². The number of hydrogen-bond donors (Lipinski definition) is 1. The molecule has 2 aliphatic carbocycles. The van der Waals surface area contributed by atoms with E-state index >= 15 is 0 Å². The van der Waals surface area contributed by atoms with Gasteiger partial charge in [-0.05, 0) is 103 Å². The van der Waals surface area contributed by atoms with Crippen molar-refractivity contribution in [2.24, 2.45) is 15.9 Å². The van der Waals surface area contributed by atoms with Crippen LogP contribution in [0.3, 0.4) is 0 Å². The highest BCUT2D eigenvalue weighted by atomic mass is 15.2. The van der Waals surface area contributed by atoms with Crippen LogP contribution in [0.5, 0.6) is 0 Å². The highest BCUT2D eigenvalue weighted by molar-refractivity contribution is 6.14. The minimum atomic E-state index is -0.489. The van der Waals surface area contributed by atoms with Crippen molar-refractivity contribution in [1.29, 1.82) is 0 Å². The second-order valence-electron chi connectivity index (χ2n) is 16.2. The van der Waals surface area contributed by atoms with E-state index in [1.807, 2.05) is 12.1 Å². The topological polar surface area (TPSA) is 36.8 Å². The summed E-state index contributed by atoms with van der Waals surface area (Å²) in [5.74, 6) is 1.92. The highest BCUT2D eigenvalue weighted by Gasteiger charge is 2.46. The largest absolute Gasteiger partial charge is 0.344 e. The van der Waals surface area contributed by atoms with Gasteiger partial charge in [0.1, 0.15) is 12.0 Å². The van der Waals surface area contributed by atoms with Crippen LogP contribution in [0.25, 0.3) is 38.6 Å². The zero-order valence-electron chi connectivity index (χ0n) is 33.5. The van der Waals surface area contributed by atoms with Crippen LogP contribution in [0.2, 0.25) is 0 Å². The number of rotatable bonds is 7. The highest BCUT2D eigenvalue weighted by Crippen LogP contribution is 2.58. The molecular formula is C57H43N3. The first-order valence-corrected chi connectivity index (χ1v) is 21.0. The fraction of sp³-hybridized carbons (Fsp3) is 0.0877. The fourth-order valence-corrected chi connectivity index (χ4v) is 9.77. The van der Waals surface area contributed by atoms with Crippen molar-refractivity contribution in [1.82, 2.24) is 5.32 Å². The molecule has 2 atom stereocenters. The molecular weight excluding hydrogens is 727 g/mol. The van der Waals surface area contributed by atoms with Crippen LogP contribution >= 0.6 is 0 Å². The van der Waals surface area contributed by atoms with Crippen molar-refractivity contribution in [3.05, 3.63) is 257 Å². The van der Waals surface area contributed by atoms with E-state index in [2.05, 4.69) is 212 Å². The molecule has 0 radical (unpaired) electrons. The van der Waals surface area contributed by atoms with E-state index in [1.54, 1.807) is 0 Å². The summed E-state index contributed by atoms with van der Waals surface area (Å²) >= 11 is 0. The summed E-state index contributed by atoms with van der Waals surface area (Å²) in [7, 11) is 0. The van der Waals surface area contributed by atoms with Crippen LogP contribution < -0.4 is 5.32 Å². The van der Waals surface area contributed by atoms with Crippen LogP contribution in [0.1, 0.15) is 58.5 Å². The summed E-state index contributed by atoms with van der Waals surface area (Å²) in [6.45, 7) is 2.33. The zero-order valence-corrected chi connectivity index (χ0v) is 33.5. The van der Waals surface area contributed by atoms with Crippen LogP contribution in [0.4, 0.5) is 0 Å². The normalized spacial score (nSPS) is 17.7. The molecule has 1 heterocycles. The van der Waals surface area contributed by atoms with Crippen molar-refractivity contribution in [2.45, 2.75) is 24.9 Å². The minimum Gasteiger partial charge on any atom is -0.344 e. The second-order valence-corrected chi connectivity index (χ2v) is 16.2. The Morgan fingerprint density at radius 3 is 1.93 bits per heavy atom. The van der Waals surface area contributed by atoms with E-state index in [9.17, 15) is 0 Å². The van der Waals surface area contributed by atoms with Gasteiger partial charge in [-0.3, -0.25) is 0 Å². The SMILES string of the molecule is CC1CC=C(C2=NC(c3ccccc3)NC(c3ccccc3)=N2)C=C1c1cccc(-c2ccc3c(c2)C(c2ccccc2)(c2ccccc2)c2ccc4ccccc4c2-3)c1. The molecule has 11 rings (SSSR count). The number of hydrogen-bond acceptors (Lipinski definition) is 3. The third-order valence-electron chi connectivity index (χ3n) is 12.7. The molecule has 0 spiro atoms. The lowest BCUT2D eigenvalue weighted by molar-refractivity contribution is 0.673. The van der Waals surface area contributed by atoms with E-state index < -0.39 is 5.41 Å². The number of fused-ring (bicyclic) bond motifs is 5. The van der Waals surface area contributed by atoms with Crippen molar-refractivity contribution >= 4 is 28.0 Å². The first-order chi connectivity index (χ1) is 29.6. The molecule has 1 N–H and O–H groups in total. The van der Waals surface area contributed by atoms with E-state index in [0.29, 0.717) is 5.92 Å². The monoisotopic (exact) mass is 769 g/mol. The lowest BCUT2D eigenvalue weighted by atomic mass is 9.67. The molecule has 0 aromatic heterocycles. The Kier molecular flexibility index (Phi) is 8.82. The quantitative estimate of drug-likeness (QED) is 0.172. The van der Waals surface area contributed by atoms with Gasteiger partial charge in [0.2, 0.25) is 0 Å². The first-order valence-electron chi connectivity index (χ1n) is 21.0. The number of benzene rings is 8.